The van der Waals surface area contributed by atoms with Gasteiger partial charge in [0.1, 0.15) is 40.7 Å². The highest BCUT2D eigenvalue weighted by atomic mass is 16.6. The summed E-state index contributed by atoms with van der Waals surface area (Å²) in [6.07, 6.45) is 9.59. The molecule has 3 heterocycles. The van der Waals surface area contributed by atoms with Gasteiger partial charge in [-0.05, 0) is 177 Å². The van der Waals surface area contributed by atoms with Crippen LogP contribution in [-0.2, 0) is 56.0 Å². The van der Waals surface area contributed by atoms with E-state index in [0.29, 0.717) is 96.2 Å². The second-order valence-corrected chi connectivity index (χ2v) is 25.4. The first-order chi connectivity index (χ1) is 38.5. The van der Waals surface area contributed by atoms with Crippen LogP contribution in [0.4, 0.5) is 5.69 Å². The largest absolute Gasteiger partial charge is 0.507 e. The average Bonchev–Trinajstić information content (AvgIpc) is 3.79. The van der Waals surface area contributed by atoms with Gasteiger partial charge in [0.25, 0.3) is 0 Å². The Morgan fingerprint density at radius 1 is 0.863 bits per heavy atom. The fourth-order valence-electron chi connectivity index (χ4n) is 16.4. The third-order valence-electron chi connectivity index (χ3n) is 20.8. The Labute approximate surface area is 469 Å². The maximum atomic E-state index is 16.3. The number of methoxy groups -OCH3 is 1. The van der Waals surface area contributed by atoms with Crippen LogP contribution in [0.2, 0.25) is 0 Å². The summed E-state index contributed by atoms with van der Waals surface area (Å²) in [5, 5.41) is 81.6. The number of aromatic hydroxyl groups is 1. The Morgan fingerprint density at radius 3 is 2.48 bits per heavy atom. The van der Waals surface area contributed by atoms with Crippen molar-refractivity contribution in [3.05, 3.63) is 110 Å². The van der Waals surface area contributed by atoms with Gasteiger partial charge in [-0.25, -0.2) is 4.79 Å². The number of benzene rings is 3. The van der Waals surface area contributed by atoms with Crippen molar-refractivity contribution in [3.8, 4) is 23.3 Å². The van der Waals surface area contributed by atoms with E-state index in [1.54, 1.807) is 0 Å². The number of fused-ring (bicyclic) bond motifs is 11. The maximum Gasteiger partial charge on any atom is 0.334 e. The molecule has 6 aliphatic carbocycles. The molecule has 80 heavy (non-hydrogen) atoms. The summed E-state index contributed by atoms with van der Waals surface area (Å²) in [7, 11) is 3.27. The fraction of sp³-hybridized carbons (Fsp3) is 0.591. The van der Waals surface area contributed by atoms with E-state index in [1.165, 1.54) is 14.0 Å². The summed E-state index contributed by atoms with van der Waals surface area (Å²) in [4.78, 5) is 44.8. The summed E-state index contributed by atoms with van der Waals surface area (Å²) in [5.74, 6) is 3.26. The number of aliphatic hydroxyl groups is 5. The number of likely N-dealkylation sites (N-methyl/N-ethyl adjacent to an activating group) is 1. The molecule has 0 amide bonds. The van der Waals surface area contributed by atoms with E-state index in [-0.39, 0.29) is 92.1 Å². The molecular weight excluding hydrogens is 1010 g/mol. The lowest BCUT2D eigenvalue weighted by Crippen LogP contribution is -2.65. The minimum Gasteiger partial charge on any atom is -0.507 e. The van der Waals surface area contributed by atoms with E-state index >= 15 is 4.79 Å². The Morgan fingerprint density at radius 2 is 1.68 bits per heavy atom. The molecule has 3 fully saturated rings. The van der Waals surface area contributed by atoms with Crippen molar-refractivity contribution in [1.29, 1.82) is 0 Å². The van der Waals surface area contributed by atoms with Gasteiger partial charge in [0, 0.05) is 73.2 Å². The number of allylic oxidation sites excluding steroid dienone is 2. The van der Waals surface area contributed by atoms with E-state index in [4.69, 9.17) is 14.2 Å². The number of hydrogen-bond donors (Lipinski definition) is 8. The van der Waals surface area contributed by atoms with Crippen molar-refractivity contribution in [2.24, 2.45) is 29.6 Å². The van der Waals surface area contributed by atoms with Gasteiger partial charge in [0.15, 0.2) is 0 Å². The molecule has 3 saturated carbocycles. The van der Waals surface area contributed by atoms with Gasteiger partial charge in [-0.15, -0.1) is 0 Å². The van der Waals surface area contributed by atoms with Gasteiger partial charge in [0.05, 0.1) is 31.2 Å². The number of ketones is 1. The third kappa shape index (κ3) is 9.94. The Balaban J connectivity index is 1.10. The number of phenols is 1. The first kappa shape index (κ1) is 55.2. The number of hydrogen-bond acceptors (Lipinski definition) is 14. The summed E-state index contributed by atoms with van der Waals surface area (Å²) < 4.78 is 18.7. The molecule has 14 nitrogen and oxygen atoms in total. The fourth-order valence-corrected chi connectivity index (χ4v) is 16.4. The second-order valence-electron chi connectivity index (χ2n) is 25.4. The summed E-state index contributed by atoms with van der Waals surface area (Å²) in [6.45, 7) is 1.35. The number of ether oxygens (including phenoxy) is 3. The van der Waals surface area contributed by atoms with Crippen LogP contribution in [0.3, 0.4) is 0 Å². The summed E-state index contributed by atoms with van der Waals surface area (Å²) >= 11 is 0. The number of aliphatic hydroxyl groups excluding tert-OH is 3. The van der Waals surface area contributed by atoms with Crippen molar-refractivity contribution in [3.63, 3.8) is 0 Å². The van der Waals surface area contributed by atoms with E-state index in [0.717, 1.165) is 60.8 Å². The second kappa shape index (κ2) is 22.1. The molecule has 0 saturated heterocycles. The van der Waals surface area contributed by atoms with Crippen LogP contribution in [0.15, 0.2) is 59.7 Å². The number of carbonyl (C=O) groups is 3. The number of rotatable bonds is 9. The summed E-state index contributed by atoms with van der Waals surface area (Å²) in [6, 6.07) is 11.8. The molecule has 14 heteroatoms. The van der Waals surface area contributed by atoms with Crippen molar-refractivity contribution in [2.45, 2.75) is 188 Å². The number of anilines is 1. The van der Waals surface area contributed by atoms with Crippen molar-refractivity contribution >= 4 is 23.4 Å². The zero-order valence-corrected chi connectivity index (χ0v) is 46.6. The Hall–Kier alpha value is -5.37. The lowest BCUT2D eigenvalue weighted by atomic mass is 9.49. The molecule has 3 aromatic rings. The molecular formula is C66H80N2O12. The molecule has 0 aromatic heterocycles. The molecule has 14 atom stereocenters. The highest BCUT2D eigenvalue weighted by Crippen LogP contribution is 2.59. The predicted octanol–water partition coefficient (Wildman–Crippen LogP) is 7.55. The van der Waals surface area contributed by atoms with E-state index in [2.05, 4.69) is 52.8 Å². The zero-order chi connectivity index (χ0) is 55.8. The van der Waals surface area contributed by atoms with Crippen LogP contribution < -0.4 is 15.4 Å². The smallest absolute Gasteiger partial charge is 0.334 e. The lowest BCUT2D eigenvalue weighted by Gasteiger charge is -2.58. The van der Waals surface area contributed by atoms with Crippen LogP contribution >= 0.6 is 0 Å². The Bertz CT molecular complexity index is 3070. The number of Topliss-reactive ketones (excluding diaryl/α,β-unsaturated/α-hetero) is 1. The van der Waals surface area contributed by atoms with Gasteiger partial charge in [-0.2, -0.15) is 0 Å². The minimum absolute atomic E-state index is 0.0293. The van der Waals surface area contributed by atoms with Gasteiger partial charge < -0.3 is 55.5 Å². The quantitative estimate of drug-likeness (QED) is 0.0449. The van der Waals surface area contributed by atoms with E-state index < -0.39 is 71.2 Å². The number of nitrogens with one attached hydrogen (secondary N) is 2. The molecule has 426 valence electrons. The van der Waals surface area contributed by atoms with Crippen LogP contribution in [0.25, 0.3) is 0 Å². The first-order valence-corrected chi connectivity index (χ1v) is 29.9. The van der Waals surface area contributed by atoms with E-state index in [1.807, 2.05) is 25.2 Å². The average molecular weight is 1090 g/mol. The molecule has 3 aliphatic heterocycles. The van der Waals surface area contributed by atoms with Crippen LogP contribution in [0.1, 0.15) is 171 Å². The lowest BCUT2D eigenvalue weighted by molar-refractivity contribution is -0.221. The zero-order valence-electron chi connectivity index (χ0n) is 46.6. The number of carbonyl (C=O) groups excluding carboxylic acids is 3. The van der Waals surface area contributed by atoms with Crippen LogP contribution in [-0.4, -0.2) is 111 Å². The number of esters is 2. The van der Waals surface area contributed by atoms with Gasteiger partial charge in [-0.3, -0.25) is 9.59 Å². The van der Waals surface area contributed by atoms with Crippen molar-refractivity contribution in [1.82, 2.24) is 5.32 Å². The molecule has 3 aromatic carbocycles. The van der Waals surface area contributed by atoms with E-state index in [9.17, 15) is 40.2 Å². The monoisotopic (exact) mass is 1090 g/mol. The highest BCUT2D eigenvalue weighted by Gasteiger charge is 2.62. The predicted molar refractivity (Wildman–Crippen MR) is 300 cm³/mol. The topological polar surface area (TPSA) is 224 Å². The minimum atomic E-state index is -1.67. The molecule has 0 radical (unpaired) electrons. The third-order valence-corrected chi connectivity index (χ3v) is 20.8. The van der Waals surface area contributed by atoms with Gasteiger partial charge in [0.2, 0.25) is 0 Å². The standard InChI is InChI=1S/C66H80N2O12/c1-65(76,57(71)33-78-3)34-68-54-29-42(27-49-44(54)19-21-53(67-2)62(49)74)38-15-16-39-32-59(72)80-63-46(39)28-43(61(73)60(63)37-9-5-4-6-10-37)31-58-66(77)51-12-8-7-11-40(51)26-47-48(55(69)22-20-52(47)66)24-35-13-14-36-17-18-45(50(25-38)64(75)79-58)56(70)30-41(36)23-35/h7,11,13-14,23,27-29,37-40,47-48,51-53,56-58,62,67-68,70-71,73-74,76-77H,4-6,8-10,12,17-22,24-26,30-34H2,1-3H3. The van der Waals surface area contributed by atoms with Crippen molar-refractivity contribution in [2.75, 3.05) is 32.6 Å². The molecule has 0 spiro atoms. The van der Waals surface area contributed by atoms with Crippen LogP contribution in [0, 0.1) is 41.4 Å². The SMILES string of the molecule is CNC1CCc2c(NCC(C)(O)C(O)COC)cc(C3C#CC4CC(=O)Oc5c4cc(c(O)c5C4CCCCC4)CC4OC(=O)C(=C5CCc6ccc(cc6CC5O)CC5C(=O)CCC6C5CC5C=CCCC5C46O)C3)cc2C1O. The number of phenolic OH excluding ortho intramolecular Hbond substituents is 1. The molecule has 14 unspecified atom stereocenters. The molecule has 12 rings (SSSR count). The maximum absolute atomic E-state index is 16.3. The van der Waals surface area contributed by atoms with Crippen molar-refractivity contribution < 1.29 is 59.2 Å². The molecule has 9 aliphatic rings. The molecule has 11 bridgehead atoms. The first-order valence-electron chi connectivity index (χ1n) is 29.9. The van der Waals surface area contributed by atoms with Crippen LogP contribution in [0.5, 0.6) is 11.5 Å². The summed E-state index contributed by atoms with van der Waals surface area (Å²) in [5.41, 5.74) is 4.83. The molecule has 8 N–H and O–H groups in total. The van der Waals surface area contributed by atoms with Gasteiger partial charge in [-0.1, -0.05) is 67.5 Å². The number of aryl methyl sites for hydroxylation is 1. The highest BCUT2D eigenvalue weighted by molar-refractivity contribution is 5.90. The normalized spacial score (nSPS) is 33.1. The van der Waals surface area contributed by atoms with Gasteiger partial charge >= 0.3 is 11.9 Å². The Kier molecular flexibility index (Phi) is 15.2.